The zero-order valence-electron chi connectivity index (χ0n) is 16.1. The zero-order chi connectivity index (χ0) is 21.5. The summed E-state index contributed by atoms with van der Waals surface area (Å²) in [5, 5.41) is 18.8. The Morgan fingerprint density at radius 1 is 1.21 bits per heavy atom. The van der Waals surface area contributed by atoms with Crippen molar-refractivity contribution in [3.8, 4) is 0 Å². The van der Waals surface area contributed by atoms with E-state index in [1.807, 2.05) is 18.7 Å². The van der Waals surface area contributed by atoms with E-state index in [0.29, 0.717) is 18.8 Å². The van der Waals surface area contributed by atoms with Crippen LogP contribution in [0.3, 0.4) is 0 Å². The van der Waals surface area contributed by atoms with Gasteiger partial charge in [-0.15, -0.1) is 0 Å². The Morgan fingerprint density at radius 2 is 1.83 bits per heavy atom. The number of aliphatic hydroxyl groups is 1. The van der Waals surface area contributed by atoms with Gasteiger partial charge in [0.1, 0.15) is 6.10 Å². The number of carbonyl (C=O) groups is 2. The molecule has 0 spiro atoms. The first kappa shape index (κ1) is 21.4. The molecule has 2 unspecified atom stereocenters. The molecule has 0 radical (unpaired) electrons. The topological polar surface area (TPSA) is 93.1 Å². The predicted molar refractivity (Wildman–Crippen MR) is 97.0 cm³/mol. The number of nitrogens with zero attached hydrogens (tertiary/aromatic N) is 2. The first-order chi connectivity index (χ1) is 13.5. The Kier molecular flexibility index (Phi) is 5.77. The molecule has 2 fully saturated rings. The Labute approximate surface area is 166 Å². The average molecular weight is 415 g/mol. The molecule has 1 aromatic carbocycles. The number of hydrogen-bond acceptors (Lipinski definition) is 5. The molecule has 1 aromatic rings. The number of anilines is 1. The summed E-state index contributed by atoms with van der Waals surface area (Å²) >= 11 is 0. The van der Waals surface area contributed by atoms with Gasteiger partial charge < -0.3 is 14.9 Å². The molecule has 0 aromatic heterocycles. The fourth-order valence-corrected chi connectivity index (χ4v) is 4.39. The summed E-state index contributed by atoms with van der Waals surface area (Å²) in [5.74, 6) is -2.39. The minimum Gasteiger partial charge on any atom is -0.382 e. The Hall–Kier alpha value is -2.33. The smallest absolute Gasteiger partial charge is 0.382 e. The Morgan fingerprint density at radius 3 is 2.38 bits per heavy atom. The van der Waals surface area contributed by atoms with E-state index < -0.39 is 29.7 Å². The van der Waals surface area contributed by atoms with Crippen molar-refractivity contribution in [2.24, 2.45) is 11.8 Å². The monoisotopic (exact) mass is 415 g/mol. The number of piperazine rings is 1. The summed E-state index contributed by atoms with van der Waals surface area (Å²) in [6.45, 7) is 4.59. The van der Waals surface area contributed by atoms with Crippen molar-refractivity contribution in [2.45, 2.75) is 44.6 Å². The quantitative estimate of drug-likeness (QED) is 0.516. The molecule has 5 atom stereocenters. The highest BCUT2D eigenvalue weighted by molar-refractivity contribution is 5.89. The van der Waals surface area contributed by atoms with E-state index in [9.17, 15) is 27.9 Å². The van der Waals surface area contributed by atoms with Crippen LogP contribution in [0.1, 0.15) is 25.8 Å². The standard InChI is InChI=1S/C19H24F3N3O4/c1-10-7-14(16(26)17(27)23-29)18(28)25-11(2)8-24(9-15(10)25)13-5-3-12(4-6-13)19(20,21)22/h3-6,10-11,14-16,26,29H,7-9H2,1-2H3,(H,23,27)/t10?,11-,14+,15?,16+/m1/s1. The molecule has 0 bridgehead atoms. The van der Waals surface area contributed by atoms with Crippen molar-refractivity contribution in [3.63, 3.8) is 0 Å². The fourth-order valence-electron chi connectivity index (χ4n) is 4.39. The minimum absolute atomic E-state index is 0.0569. The molecule has 160 valence electrons. The maximum atomic E-state index is 12.9. The van der Waals surface area contributed by atoms with Gasteiger partial charge in [-0.05, 0) is 43.5 Å². The molecule has 3 N–H and O–H groups in total. The van der Waals surface area contributed by atoms with Gasteiger partial charge in [0.15, 0.2) is 0 Å². The molecule has 29 heavy (non-hydrogen) atoms. The molecule has 0 saturated carbocycles. The molecule has 2 aliphatic heterocycles. The number of carbonyl (C=O) groups excluding carboxylic acids is 2. The number of piperidine rings is 1. The van der Waals surface area contributed by atoms with Crippen LogP contribution in [0.2, 0.25) is 0 Å². The third-order valence-corrected chi connectivity index (χ3v) is 5.90. The zero-order valence-corrected chi connectivity index (χ0v) is 16.1. The van der Waals surface area contributed by atoms with Gasteiger partial charge in [0, 0.05) is 24.8 Å². The van der Waals surface area contributed by atoms with Crippen LogP contribution < -0.4 is 10.4 Å². The molecule has 3 rings (SSSR count). The number of hydroxylamine groups is 1. The first-order valence-electron chi connectivity index (χ1n) is 9.41. The van der Waals surface area contributed by atoms with Gasteiger partial charge >= 0.3 is 6.18 Å². The summed E-state index contributed by atoms with van der Waals surface area (Å²) in [7, 11) is 0. The fraction of sp³-hybridized carbons (Fsp3) is 0.579. The number of rotatable bonds is 3. The lowest BCUT2D eigenvalue weighted by Gasteiger charge is -2.53. The van der Waals surface area contributed by atoms with Crippen LogP contribution in [0.15, 0.2) is 24.3 Å². The van der Waals surface area contributed by atoms with Crippen LogP contribution in [-0.2, 0) is 15.8 Å². The van der Waals surface area contributed by atoms with Crippen molar-refractivity contribution < 1.29 is 33.1 Å². The van der Waals surface area contributed by atoms with Crippen LogP contribution >= 0.6 is 0 Å². The number of nitrogens with one attached hydrogen (secondary N) is 1. The lowest BCUT2D eigenvalue weighted by molar-refractivity contribution is -0.160. The highest BCUT2D eigenvalue weighted by atomic mass is 19.4. The van der Waals surface area contributed by atoms with Gasteiger partial charge in [0.2, 0.25) is 5.91 Å². The van der Waals surface area contributed by atoms with E-state index in [4.69, 9.17) is 5.21 Å². The maximum absolute atomic E-state index is 12.9. The lowest BCUT2D eigenvalue weighted by atomic mass is 9.78. The second kappa shape index (κ2) is 7.83. The molecule has 2 aliphatic rings. The van der Waals surface area contributed by atoms with E-state index in [0.717, 1.165) is 12.1 Å². The molecule has 2 saturated heterocycles. The SMILES string of the molecule is CC1C[C@@H]([C@H](O)C(=O)NO)C(=O)N2C1CN(c1ccc(C(F)(F)F)cc1)C[C@H]2C. The van der Waals surface area contributed by atoms with Gasteiger partial charge in [-0.3, -0.25) is 14.8 Å². The average Bonchev–Trinajstić information content (AvgIpc) is 2.68. The molecular weight excluding hydrogens is 391 g/mol. The van der Waals surface area contributed by atoms with Crippen LogP contribution in [0.25, 0.3) is 0 Å². The van der Waals surface area contributed by atoms with E-state index in [1.165, 1.54) is 17.6 Å². The maximum Gasteiger partial charge on any atom is 0.416 e. The van der Waals surface area contributed by atoms with Gasteiger partial charge in [-0.25, -0.2) is 5.48 Å². The normalized spacial score (nSPS) is 28.7. The molecule has 2 heterocycles. The molecule has 0 aliphatic carbocycles. The number of benzene rings is 1. The van der Waals surface area contributed by atoms with Crippen molar-refractivity contribution in [3.05, 3.63) is 29.8 Å². The number of hydrogen-bond donors (Lipinski definition) is 3. The number of aliphatic hydroxyl groups excluding tert-OH is 1. The Bertz CT molecular complexity index is 771. The number of fused-ring (bicyclic) bond motifs is 1. The summed E-state index contributed by atoms with van der Waals surface area (Å²) in [6, 6.07) is 4.48. The molecule has 2 amide bonds. The van der Waals surface area contributed by atoms with Crippen LogP contribution in [0, 0.1) is 11.8 Å². The lowest BCUT2D eigenvalue weighted by Crippen LogP contribution is -2.67. The first-order valence-corrected chi connectivity index (χ1v) is 9.41. The van der Waals surface area contributed by atoms with Crippen molar-refractivity contribution in [1.82, 2.24) is 10.4 Å². The third kappa shape index (κ3) is 4.04. The van der Waals surface area contributed by atoms with Crippen LogP contribution in [-0.4, -0.2) is 58.3 Å². The van der Waals surface area contributed by atoms with Crippen LogP contribution in [0.4, 0.5) is 18.9 Å². The summed E-state index contributed by atoms with van der Waals surface area (Å²) in [5.41, 5.74) is 1.31. The van der Waals surface area contributed by atoms with Crippen molar-refractivity contribution in [2.75, 3.05) is 18.0 Å². The minimum atomic E-state index is -4.40. The predicted octanol–water partition coefficient (Wildman–Crippen LogP) is 1.63. The number of alkyl halides is 3. The van der Waals surface area contributed by atoms with E-state index >= 15 is 0 Å². The number of halogens is 3. The van der Waals surface area contributed by atoms with Gasteiger partial charge in [-0.2, -0.15) is 13.2 Å². The highest BCUT2D eigenvalue weighted by Crippen LogP contribution is 2.37. The van der Waals surface area contributed by atoms with E-state index in [-0.39, 0.29) is 30.3 Å². The van der Waals surface area contributed by atoms with Crippen molar-refractivity contribution in [1.29, 1.82) is 0 Å². The molecular formula is C19H24F3N3O4. The second-order valence-corrected chi connectivity index (χ2v) is 7.85. The molecule has 10 heteroatoms. The van der Waals surface area contributed by atoms with Gasteiger partial charge in [-0.1, -0.05) is 6.92 Å². The number of amides is 2. The summed E-state index contributed by atoms with van der Waals surface area (Å²) in [6.07, 6.45) is -5.77. The summed E-state index contributed by atoms with van der Waals surface area (Å²) in [4.78, 5) is 28.1. The van der Waals surface area contributed by atoms with E-state index in [2.05, 4.69) is 0 Å². The second-order valence-electron chi connectivity index (χ2n) is 7.85. The van der Waals surface area contributed by atoms with E-state index in [1.54, 1.807) is 4.90 Å². The highest BCUT2D eigenvalue weighted by Gasteiger charge is 2.48. The van der Waals surface area contributed by atoms with Crippen LogP contribution in [0.5, 0.6) is 0 Å². The van der Waals surface area contributed by atoms with Gasteiger partial charge in [0.05, 0.1) is 17.5 Å². The third-order valence-electron chi connectivity index (χ3n) is 5.90. The van der Waals surface area contributed by atoms with Crippen molar-refractivity contribution >= 4 is 17.5 Å². The Balaban J connectivity index is 1.79. The molecule has 7 nitrogen and oxygen atoms in total. The summed E-state index contributed by atoms with van der Waals surface area (Å²) < 4.78 is 38.4. The van der Waals surface area contributed by atoms with Gasteiger partial charge in [0.25, 0.3) is 5.91 Å². The largest absolute Gasteiger partial charge is 0.416 e.